The Morgan fingerprint density at radius 2 is 0.895 bits per heavy atom. The molecule has 0 spiro atoms. The molecule has 10 bridgehead atoms. The van der Waals surface area contributed by atoms with E-state index < -0.39 is 34.2 Å². The largest absolute Gasteiger partial charge is 0.495 e. The summed E-state index contributed by atoms with van der Waals surface area (Å²) in [6.45, 7) is 0. The van der Waals surface area contributed by atoms with Crippen LogP contribution in [-0.2, 0) is 0 Å². The number of non-ortho nitro benzene ring substituents is 1. The number of nitro benzene ring substituents is 1. The Balaban J connectivity index is 1.37. The van der Waals surface area contributed by atoms with Crippen LogP contribution in [0.2, 0.25) is 0 Å². The van der Waals surface area contributed by atoms with E-state index in [0.29, 0.717) is 32.7 Å². The van der Waals surface area contributed by atoms with Crippen LogP contribution in [0.25, 0.3) is 32.7 Å². The molecule has 7 aromatic rings. The summed E-state index contributed by atoms with van der Waals surface area (Å²) in [7, 11) is 2.88. The number of nitrogens with one attached hydrogen (secondary N) is 4. The molecule has 15 heteroatoms. The Bertz CT molecular complexity index is 2680. The summed E-state index contributed by atoms with van der Waals surface area (Å²) < 4.78 is 12.1. The van der Waals surface area contributed by atoms with Crippen LogP contribution in [0.1, 0.15) is 41.4 Å². The van der Waals surface area contributed by atoms with Crippen molar-refractivity contribution < 1.29 is 33.6 Å². The van der Waals surface area contributed by atoms with Gasteiger partial charge in [-0.2, -0.15) is 0 Å². The first-order chi connectivity index (χ1) is 27.6. The van der Waals surface area contributed by atoms with Crippen molar-refractivity contribution in [1.29, 1.82) is 0 Å². The van der Waals surface area contributed by atoms with Crippen molar-refractivity contribution in [3.63, 3.8) is 0 Å². The highest BCUT2D eigenvalue weighted by Crippen LogP contribution is 2.48. The summed E-state index contributed by atoms with van der Waals surface area (Å²) in [5.41, 5.74) is 0.273. The molecule has 57 heavy (non-hydrogen) atoms. The SMILES string of the molecule is COc1c2cc3ccccc3c1-c1c(OC)c(cc3ccccc13)C(=O)Nc1cccc(n1)NC(=O)c1cc(cc([N+](=O)[O-])c1)C(=O)Nc1cccc(n1)NC2=O. The van der Waals surface area contributed by atoms with E-state index >= 15 is 0 Å². The summed E-state index contributed by atoms with van der Waals surface area (Å²) in [4.78, 5) is 75.3. The summed E-state index contributed by atoms with van der Waals surface area (Å²) in [6.07, 6.45) is 0. The van der Waals surface area contributed by atoms with Crippen LogP contribution in [0, 0.1) is 10.1 Å². The van der Waals surface area contributed by atoms with Gasteiger partial charge in [0.25, 0.3) is 29.3 Å². The molecule has 1 aliphatic heterocycles. The second-order valence-electron chi connectivity index (χ2n) is 12.8. The minimum atomic E-state index is -0.811. The van der Waals surface area contributed by atoms with Gasteiger partial charge in [-0.3, -0.25) is 29.3 Å². The molecule has 15 nitrogen and oxygen atoms in total. The standard InChI is InChI=1S/C42H29N7O8/c1-56-37-29-20-22-9-3-5-11-27(22)35(37)36-28-12-6-4-10-23(28)21-30(38(36)57-2)42(53)48-34-16-8-14-32(44-34)46-40(51)25-17-24(18-26(19-25)49(54)55)39(50)45-31-13-7-15-33(43-31)47-41(29)52/h3-21H,1-2H3,(H2,43,45,47,50,52)(H2,44,46,48,51,53). The van der Waals surface area contributed by atoms with E-state index in [4.69, 9.17) is 9.47 Å². The van der Waals surface area contributed by atoms with E-state index in [1.165, 1.54) is 44.6 Å². The van der Waals surface area contributed by atoms with E-state index in [9.17, 15) is 29.3 Å². The third kappa shape index (κ3) is 6.76. The molecule has 0 aliphatic carbocycles. The van der Waals surface area contributed by atoms with Crippen molar-refractivity contribution in [2.75, 3.05) is 35.5 Å². The van der Waals surface area contributed by atoms with Crippen molar-refractivity contribution in [1.82, 2.24) is 9.97 Å². The highest BCUT2D eigenvalue weighted by atomic mass is 16.6. The number of pyridine rings is 2. The van der Waals surface area contributed by atoms with Crippen LogP contribution >= 0.6 is 0 Å². The third-order valence-corrected chi connectivity index (χ3v) is 9.27. The normalized spacial score (nSPS) is 12.9. The van der Waals surface area contributed by atoms with Gasteiger partial charge in [-0.05, 0) is 64.0 Å². The summed E-state index contributed by atoms with van der Waals surface area (Å²) in [5, 5.41) is 25.3. The zero-order valence-electron chi connectivity index (χ0n) is 30.1. The fourth-order valence-electron chi connectivity index (χ4n) is 6.79. The first kappa shape index (κ1) is 35.8. The number of carbonyl (C=O) groups is 4. The quantitative estimate of drug-likeness (QED) is 0.102. The number of rotatable bonds is 3. The number of ether oxygens (including phenoxy) is 2. The predicted molar refractivity (Wildman–Crippen MR) is 213 cm³/mol. The van der Waals surface area contributed by atoms with Gasteiger partial charge in [0.05, 0.1) is 30.3 Å². The Morgan fingerprint density at radius 3 is 1.28 bits per heavy atom. The number of nitrogens with zero attached hydrogens (tertiary/aromatic N) is 3. The van der Waals surface area contributed by atoms with Gasteiger partial charge in [0.2, 0.25) is 0 Å². The lowest BCUT2D eigenvalue weighted by Gasteiger charge is -2.22. The summed E-state index contributed by atoms with van der Waals surface area (Å²) in [6, 6.07) is 30.4. The van der Waals surface area contributed by atoms with Gasteiger partial charge in [-0.1, -0.05) is 60.7 Å². The molecule has 0 saturated heterocycles. The van der Waals surface area contributed by atoms with E-state index in [1.807, 2.05) is 48.5 Å². The molecule has 3 heterocycles. The lowest BCUT2D eigenvalue weighted by atomic mass is 9.88. The molecule has 8 rings (SSSR count). The lowest BCUT2D eigenvalue weighted by molar-refractivity contribution is -0.384. The zero-order valence-corrected chi connectivity index (χ0v) is 30.1. The maximum absolute atomic E-state index is 14.3. The van der Waals surface area contributed by atoms with Crippen molar-refractivity contribution in [3.05, 3.63) is 148 Å². The molecule has 4 N–H and O–H groups in total. The second-order valence-corrected chi connectivity index (χ2v) is 12.8. The monoisotopic (exact) mass is 759 g/mol. The van der Waals surface area contributed by atoms with Gasteiger partial charge in [0, 0.05) is 34.4 Å². The van der Waals surface area contributed by atoms with Gasteiger partial charge < -0.3 is 30.7 Å². The van der Waals surface area contributed by atoms with Gasteiger partial charge in [0.15, 0.2) is 0 Å². The number of fused-ring (bicyclic) bond motifs is 15. The molecule has 4 amide bonds. The highest BCUT2D eigenvalue weighted by molar-refractivity contribution is 6.19. The van der Waals surface area contributed by atoms with Gasteiger partial charge >= 0.3 is 0 Å². The molecule has 2 aromatic heterocycles. The molecule has 0 unspecified atom stereocenters. The van der Waals surface area contributed by atoms with Crippen LogP contribution < -0.4 is 30.7 Å². The molecule has 0 fully saturated rings. The number of methoxy groups -OCH3 is 2. The van der Waals surface area contributed by atoms with Gasteiger partial charge in [-0.15, -0.1) is 0 Å². The Morgan fingerprint density at radius 1 is 0.509 bits per heavy atom. The average molecular weight is 760 g/mol. The zero-order chi connectivity index (χ0) is 39.8. The molecular formula is C42H29N7O8. The number of nitro groups is 1. The molecule has 0 saturated carbocycles. The minimum Gasteiger partial charge on any atom is -0.495 e. The van der Waals surface area contributed by atoms with Crippen LogP contribution in [0.3, 0.4) is 0 Å². The van der Waals surface area contributed by atoms with Crippen molar-refractivity contribution in [2.45, 2.75) is 0 Å². The fraction of sp³-hybridized carbons (Fsp3) is 0.0476. The maximum Gasteiger partial charge on any atom is 0.271 e. The first-order valence-corrected chi connectivity index (χ1v) is 17.3. The maximum atomic E-state index is 14.3. The fourth-order valence-corrected chi connectivity index (χ4v) is 6.79. The Kier molecular flexibility index (Phi) is 9.15. The van der Waals surface area contributed by atoms with Gasteiger partial charge in [0.1, 0.15) is 34.8 Å². The van der Waals surface area contributed by atoms with Crippen molar-refractivity contribution in [2.24, 2.45) is 0 Å². The van der Waals surface area contributed by atoms with Crippen LogP contribution in [0.5, 0.6) is 11.5 Å². The Hall–Kier alpha value is -8.20. The number of hydrogen-bond donors (Lipinski definition) is 4. The van der Waals surface area contributed by atoms with E-state index in [-0.39, 0.29) is 57.0 Å². The topological polar surface area (TPSA) is 204 Å². The smallest absolute Gasteiger partial charge is 0.271 e. The van der Waals surface area contributed by atoms with E-state index in [0.717, 1.165) is 12.1 Å². The minimum absolute atomic E-state index is 0.00562. The number of aromatic nitrogens is 2. The molecule has 1 aliphatic rings. The van der Waals surface area contributed by atoms with Crippen molar-refractivity contribution in [3.8, 4) is 22.6 Å². The van der Waals surface area contributed by atoms with Crippen molar-refractivity contribution >= 4 is 74.1 Å². The number of carbonyl (C=O) groups excluding carboxylic acids is 4. The van der Waals surface area contributed by atoms with E-state index in [2.05, 4.69) is 31.2 Å². The first-order valence-electron chi connectivity index (χ1n) is 17.3. The third-order valence-electron chi connectivity index (χ3n) is 9.27. The molecular weight excluding hydrogens is 731 g/mol. The average Bonchev–Trinajstić information content (AvgIpc) is 3.22. The molecule has 0 radical (unpaired) electrons. The number of hydrogen-bond acceptors (Lipinski definition) is 10. The number of anilines is 4. The molecule has 5 aromatic carbocycles. The predicted octanol–water partition coefficient (Wildman–Crippen LogP) is 7.70. The Labute approximate surface area is 322 Å². The highest BCUT2D eigenvalue weighted by Gasteiger charge is 2.28. The van der Waals surface area contributed by atoms with Crippen LogP contribution in [0.15, 0.2) is 115 Å². The second kappa shape index (κ2) is 14.6. The summed E-state index contributed by atoms with van der Waals surface area (Å²) in [5.74, 6) is -2.34. The number of amides is 4. The molecule has 280 valence electrons. The van der Waals surface area contributed by atoms with E-state index in [1.54, 1.807) is 24.3 Å². The van der Waals surface area contributed by atoms with Crippen LogP contribution in [0.4, 0.5) is 29.0 Å². The summed E-state index contributed by atoms with van der Waals surface area (Å²) >= 11 is 0. The van der Waals surface area contributed by atoms with Gasteiger partial charge in [-0.25, -0.2) is 9.97 Å². The molecule has 0 atom stereocenters. The lowest BCUT2D eigenvalue weighted by Crippen LogP contribution is -2.18. The number of benzene rings is 5. The van der Waals surface area contributed by atoms with Crippen LogP contribution in [-0.4, -0.2) is 52.7 Å².